The van der Waals surface area contributed by atoms with Crippen LogP contribution < -0.4 is 5.32 Å². The molecule has 3 N–H and O–H groups in total. The number of allylic oxidation sites excluding steroid dienone is 4. The third-order valence-corrected chi connectivity index (χ3v) is 2.37. The van der Waals surface area contributed by atoms with Crippen molar-refractivity contribution in [3.8, 4) is 0 Å². The molecule has 118 valence electrons. The van der Waals surface area contributed by atoms with Gasteiger partial charge in [0.05, 0.1) is 11.7 Å². The van der Waals surface area contributed by atoms with E-state index in [4.69, 9.17) is 0 Å². The van der Waals surface area contributed by atoms with Gasteiger partial charge >= 0.3 is 0 Å². The van der Waals surface area contributed by atoms with Gasteiger partial charge in [0.25, 0.3) is 0 Å². The highest BCUT2D eigenvalue weighted by Crippen LogP contribution is 2.01. The highest BCUT2D eigenvalue weighted by Gasteiger charge is 2.12. The molecule has 0 aliphatic heterocycles. The Kier molecular flexibility index (Phi) is 9.25. The predicted octanol–water partition coefficient (Wildman–Crippen LogP) is 1.27. The number of aliphatic hydroxyl groups excluding tert-OH is 1. The van der Waals surface area contributed by atoms with Crippen molar-refractivity contribution in [3.63, 3.8) is 0 Å². The second kappa shape index (κ2) is 10.1. The number of ketones is 1. The first-order chi connectivity index (χ1) is 9.70. The molecule has 0 spiro atoms. The summed E-state index contributed by atoms with van der Waals surface area (Å²) in [6, 6.07) is 0. The van der Waals surface area contributed by atoms with Gasteiger partial charge in [-0.2, -0.15) is 0 Å². The molecule has 0 aliphatic rings. The molecular formula is C16H25NO4. The molecular weight excluding hydrogens is 270 g/mol. The lowest BCUT2D eigenvalue weighted by molar-refractivity contribution is -0.117. The first-order valence-corrected chi connectivity index (χ1v) is 6.91. The van der Waals surface area contributed by atoms with Crippen LogP contribution in [0.1, 0.15) is 33.6 Å². The molecule has 0 aromatic carbocycles. The van der Waals surface area contributed by atoms with Gasteiger partial charge in [0.1, 0.15) is 0 Å². The lowest BCUT2D eigenvalue weighted by Crippen LogP contribution is -2.37. The number of aliphatic hydroxyl groups is 2. The van der Waals surface area contributed by atoms with E-state index < -0.39 is 11.7 Å². The van der Waals surface area contributed by atoms with Crippen molar-refractivity contribution in [1.82, 2.24) is 5.32 Å². The fourth-order valence-electron chi connectivity index (χ4n) is 1.30. The van der Waals surface area contributed by atoms with Crippen LogP contribution in [0.5, 0.6) is 0 Å². The fourth-order valence-corrected chi connectivity index (χ4v) is 1.30. The topological polar surface area (TPSA) is 86.6 Å². The number of nitrogens with one attached hydrogen (secondary N) is 1. The maximum absolute atomic E-state index is 11.4. The average Bonchev–Trinajstić information content (AvgIpc) is 2.36. The minimum absolute atomic E-state index is 0.0471. The Morgan fingerprint density at radius 3 is 2.48 bits per heavy atom. The van der Waals surface area contributed by atoms with E-state index in [0.29, 0.717) is 12.8 Å². The molecule has 0 saturated heterocycles. The summed E-state index contributed by atoms with van der Waals surface area (Å²) in [7, 11) is 0. The van der Waals surface area contributed by atoms with E-state index in [1.807, 2.05) is 0 Å². The van der Waals surface area contributed by atoms with Gasteiger partial charge in [0, 0.05) is 6.54 Å². The summed E-state index contributed by atoms with van der Waals surface area (Å²) in [5.74, 6) is -0.319. The Labute approximate surface area is 126 Å². The molecule has 21 heavy (non-hydrogen) atoms. The Balaban J connectivity index is 3.89. The first-order valence-electron chi connectivity index (χ1n) is 6.91. The number of hydrogen-bond donors (Lipinski definition) is 3. The molecule has 5 nitrogen and oxygen atoms in total. The molecule has 1 amide bonds. The Morgan fingerprint density at radius 1 is 1.24 bits per heavy atom. The summed E-state index contributed by atoms with van der Waals surface area (Å²) in [4.78, 5) is 22.0. The van der Waals surface area contributed by atoms with E-state index in [2.05, 4.69) is 5.32 Å². The van der Waals surface area contributed by atoms with Crippen LogP contribution in [-0.4, -0.2) is 40.2 Å². The molecule has 0 saturated carbocycles. The van der Waals surface area contributed by atoms with Crippen LogP contribution in [0, 0.1) is 0 Å². The number of rotatable bonds is 9. The summed E-state index contributed by atoms with van der Waals surface area (Å²) in [5.41, 5.74) is -0.933. The van der Waals surface area contributed by atoms with E-state index >= 15 is 0 Å². The van der Waals surface area contributed by atoms with Gasteiger partial charge in [-0.15, -0.1) is 0 Å². The van der Waals surface area contributed by atoms with E-state index in [1.165, 1.54) is 19.1 Å². The molecule has 0 radical (unpaired) electrons. The number of carbonyl (C=O) groups is 2. The van der Waals surface area contributed by atoms with Crippen LogP contribution in [0.15, 0.2) is 36.5 Å². The zero-order valence-corrected chi connectivity index (χ0v) is 12.9. The van der Waals surface area contributed by atoms with Crippen molar-refractivity contribution in [2.75, 3.05) is 6.54 Å². The Hall–Kier alpha value is -1.72. The zero-order chi connectivity index (χ0) is 16.3. The molecule has 0 aliphatic carbocycles. The molecule has 0 aromatic heterocycles. The summed E-state index contributed by atoms with van der Waals surface area (Å²) < 4.78 is 0. The Bertz CT molecular complexity index is 416. The van der Waals surface area contributed by atoms with Gasteiger partial charge in [-0.3, -0.25) is 9.59 Å². The monoisotopic (exact) mass is 295 g/mol. The number of carbonyl (C=O) groups excluding carboxylic acids is 2. The van der Waals surface area contributed by atoms with Gasteiger partial charge < -0.3 is 15.5 Å². The van der Waals surface area contributed by atoms with Crippen molar-refractivity contribution in [2.45, 2.75) is 45.3 Å². The van der Waals surface area contributed by atoms with Crippen molar-refractivity contribution < 1.29 is 19.8 Å². The van der Waals surface area contributed by atoms with Crippen LogP contribution in [-0.2, 0) is 9.59 Å². The zero-order valence-electron chi connectivity index (χ0n) is 12.9. The minimum atomic E-state index is -0.933. The average molecular weight is 295 g/mol. The van der Waals surface area contributed by atoms with Gasteiger partial charge in [-0.05, 0) is 45.8 Å². The largest absolute Gasteiger partial charge is 0.389 e. The third kappa shape index (κ3) is 14.5. The maximum atomic E-state index is 11.4. The van der Waals surface area contributed by atoms with Crippen LogP contribution >= 0.6 is 0 Å². The smallest absolute Gasteiger partial charge is 0.243 e. The van der Waals surface area contributed by atoms with Crippen molar-refractivity contribution in [3.05, 3.63) is 36.5 Å². The highest BCUT2D eigenvalue weighted by atomic mass is 16.3. The first kappa shape index (κ1) is 19.3. The second-order valence-corrected chi connectivity index (χ2v) is 5.43. The number of amides is 1. The van der Waals surface area contributed by atoms with Gasteiger partial charge in [0.15, 0.2) is 5.78 Å². The van der Waals surface area contributed by atoms with Crippen LogP contribution in [0.4, 0.5) is 0 Å². The molecule has 0 heterocycles. The molecule has 0 fully saturated rings. The highest BCUT2D eigenvalue weighted by molar-refractivity contribution is 5.87. The lowest BCUT2D eigenvalue weighted by Gasteiger charge is -2.16. The van der Waals surface area contributed by atoms with Crippen LogP contribution in [0.3, 0.4) is 0 Å². The molecule has 0 aromatic rings. The lowest BCUT2D eigenvalue weighted by atomic mass is 10.1. The number of hydrogen-bond acceptors (Lipinski definition) is 4. The van der Waals surface area contributed by atoms with Crippen LogP contribution in [0.25, 0.3) is 0 Å². The van der Waals surface area contributed by atoms with E-state index in [1.54, 1.807) is 38.2 Å². The van der Waals surface area contributed by atoms with Gasteiger partial charge in [0.2, 0.25) is 5.91 Å². The summed E-state index contributed by atoms with van der Waals surface area (Å²) in [6.45, 7) is 4.86. The van der Waals surface area contributed by atoms with E-state index in [-0.39, 0.29) is 18.2 Å². The van der Waals surface area contributed by atoms with E-state index in [9.17, 15) is 19.8 Å². The Morgan fingerprint density at radius 2 is 1.90 bits per heavy atom. The minimum Gasteiger partial charge on any atom is -0.389 e. The molecule has 0 rings (SSSR count). The summed E-state index contributed by atoms with van der Waals surface area (Å²) in [5, 5.41) is 21.6. The maximum Gasteiger partial charge on any atom is 0.243 e. The van der Waals surface area contributed by atoms with Crippen LogP contribution in [0.2, 0.25) is 0 Å². The van der Waals surface area contributed by atoms with E-state index in [0.717, 1.165) is 0 Å². The van der Waals surface area contributed by atoms with Crippen molar-refractivity contribution >= 4 is 11.7 Å². The summed E-state index contributed by atoms with van der Waals surface area (Å²) >= 11 is 0. The quantitative estimate of drug-likeness (QED) is 0.442. The molecule has 0 unspecified atom stereocenters. The molecule has 1 atom stereocenters. The standard InChI is InChI=1S/C16H25NO4/c1-13(18)8-4-5-9-14(19)10-6-7-11-15(20)17-12-16(2,3)21/h4-5,7-9,11,14,19,21H,6,10,12H2,1-3H3,(H,17,20)/b8-4+,9-5+,11-7+/t14-/m0/s1. The van der Waals surface area contributed by atoms with Crippen molar-refractivity contribution in [2.24, 2.45) is 0 Å². The van der Waals surface area contributed by atoms with Gasteiger partial charge in [-0.25, -0.2) is 0 Å². The fraction of sp³-hybridized carbons (Fsp3) is 0.500. The van der Waals surface area contributed by atoms with Crippen molar-refractivity contribution in [1.29, 1.82) is 0 Å². The second-order valence-electron chi connectivity index (χ2n) is 5.43. The third-order valence-electron chi connectivity index (χ3n) is 2.37. The molecule has 0 bridgehead atoms. The SMILES string of the molecule is CC(=O)/C=C/C=C/[C@H](O)CC/C=C/C(=O)NCC(C)(C)O. The predicted molar refractivity (Wildman–Crippen MR) is 82.6 cm³/mol. The van der Waals surface area contributed by atoms with Gasteiger partial charge in [-0.1, -0.05) is 24.3 Å². The normalized spacial score (nSPS) is 14.1. The molecule has 5 heteroatoms. The summed E-state index contributed by atoms with van der Waals surface area (Å²) in [6.07, 6.45) is 9.66.